The molecule has 0 bridgehead atoms. The molecule has 0 spiro atoms. The van der Waals surface area contributed by atoms with Crippen LogP contribution < -0.4 is 4.74 Å². The minimum atomic E-state index is -0.520. The van der Waals surface area contributed by atoms with Gasteiger partial charge in [0.1, 0.15) is 12.4 Å². The van der Waals surface area contributed by atoms with Crippen molar-refractivity contribution >= 4 is 17.6 Å². The molecule has 0 heterocycles. The van der Waals surface area contributed by atoms with Gasteiger partial charge in [-0.1, -0.05) is 66.2 Å². The lowest BCUT2D eigenvalue weighted by Gasteiger charge is -2.19. The summed E-state index contributed by atoms with van der Waals surface area (Å²) in [4.78, 5) is 12.5. The van der Waals surface area contributed by atoms with E-state index >= 15 is 0 Å². The molecule has 0 saturated heterocycles. The van der Waals surface area contributed by atoms with Gasteiger partial charge in [0.05, 0.1) is 5.56 Å². The molecule has 3 aromatic carbocycles. The lowest BCUT2D eigenvalue weighted by atomic mass is 10.1. The van der Waals surface area contributed by atoms with E-state index in [0.29, 0.717) is 10.6 Å². The number of esters is 1. The highest BCUT2D eigenvalue weighted by Gasteiger charge is 2.19. The number of halogens is 1. The third-order valence-electron chi connectivity index (χ3n) is 3.63. The Morgan fingerprint density at radius 1 is 0.880 bits per heavy atom. The molecule has 1 atom stereocenters. The first-order valence-corrected chi connectivity index (χ1v) is 8.29. The first-order valence-electron chi connectivity index (χ1n) is 7.92. The van der Waals surface area contributed by atoms with Gasteiger partial charge in [0.25, 0.3) is 0 Å². The van der Waals surface area contributed by atoms with E-state index in [-0.39, 0.29) is 6.61 Å². The number of hydrogen-bond donors (Lipinski definition) is 0. The minimum absolute atomic E-state index is 0.223. The molecule has 0 aliphatic carbocycles. The number of carbonyl (C=O) groups excluding carboxylic acids is 1. The van der Waals surface area contributed by atoms with Crippen molar-refractivity contribution in [3.8, 4) is 5.75 Å². The summed E-state index contributed by atoms with van der Waals surface area (Å²) >= 11 is 5.95. The van der Waals surface area contributed by atoms with Gasteiger partial charge in [0.15, 0.2) is 6.10 Å². The number of hydrogen-bond acceptors (Lipinski definition) is 3. The Balaban J connectivity index is 1.75. The molecule has 0 saturated carbocycles. The van der Waals surface area contributed by atoms with Crippen molar-refractivity contribution in [3.05, 3.63) is 101 Å². The molecule has 0 aromatic heterocycles. The molecule has 3 aromatic rings. The Kier molecular flexibility index (Phi) is 5.70. The van der Waals surface area contributed by atoms with Crippen molar-refractivity contribution in [2.24, 2.45) is 0 Å². The molecule has 0 fully saturated rings. The zero-order valence-corrected chi connectivity index (χ0v) is 14.2. The maximum atomic E-state index is 12.5. The van der Waals surface area contributed by atoms with Gasteiger partial charge in [-0.15, -0.1) is 0 Å². The Hall–Kier alpha value is -2.78. The van der Waals surface area contributed by atoms with E-state index in [1.807, 2.05) is 60.7 Å². The summed E-state index contributed by atoms with van der Waals surface area (Å²) in [6.45, 7) is 0.223. The maximum absolute atomic E-state index is 12.5. The quantitative estimate of drug-likeness (QED) is 0.563. The second-order valence-electron chi connectivity index (χ2n) is 5.44. The van der Waals surface area contributed by atoms with Crippen LogP contribution in [0.2, 0.25) is 5.02 Å². The van der Waals surface area contributed by atoms with Crippen molar-refractivity contribution in [3.63, 3.8) is 0 Å². The molecular weight excluding hydrogens is 336 g/mol. The summed E-state index contributed by atoms with van der Waals surface area (Å²) < 4.78 is 11.5. The number of para-hydroxylation sites is 1. The molecule has 3 nitrogen and oxygen atoms in total. The Morgan fingerprint density at radius 3 is 2.24 bits per heavy atom. The average Bonchev–Trinajstić information content (AvgIpc) is 2.66. The van der Waals surface area contributed by atoms with Crippen LogP contribution in [-0.2, 0) is 4.74 Å². The predicted molar refractivity (Wildman–Crippen MR) is 98.0 cm³/mol. The standard InChI is InChI=1S/C21H17ClO3/c22-18-11-7-10-17(14-18)21(23)25-20(16-8-3-1-4-9-16)15-24-19-12-5-2-6-13-19/h1-14,20H,15H2. The molecule has 1 unspecified atom stereocenters. The first kappa shape index (κ1) is 17.1. The monoisotopic (exact) mass is 352 g/mol. The van der Waals surface area contributed by atoms with Crippen molar-refractivity contribution in [2.75, 3.05) is 6.61 Å². The lowest BCUT2D eigenvalue weighted by Crippen LogP contribution is -2.18. The third-order valence-corrected chi connectivity index (χ3v) is 3.86. The fourth-order valence-electron chi connectivity index (χ4n) is 2.37. The number of benzene rings is 3. The lowest BCUT2D eigenvalue weighted by molar-refractivity contribution is 0.0168. The fourth-order valence-corrected chi connectivity index (χ4v) is 2.56. The summed E-state index contributed by atoms with van der Waals surface area (Å²) in [5.41, 5.74) is 1.28. The largest absolute Gasteiger partial charge is 0.489 e. The molecule has 0 amide bonds. The van der Waals surface area contributed by atoms with E-state index in [4.69, 9.17) is 21.1 Å². The van der Waals surface area contributed by atoms with Crippen LogP contribution in [0.3, 0.4) is 0 Å². The van der Waals surface area contributed by atoms with Gasteiger partial charge >= 0.3 is 5.97 Å². The van der Waals surface area contributed by atoms with Crippen molar-refractivity contribution in [2.45, 2.75) is 6.10 Å². The highest BCUT2D eigenvalue weighted by Crippen LogP contribution is 2.22. The van der Waals surface area contributed by atoms with E-state index in [1.165, 1.54) is 0 Å². The van der Waals surface area contributed by atoms with Crippen molar-refractivity contribution in [1.29, 1.82) is 0 Å². The number of rotatable bonds is 6. The van der Waals surface area contributed by atoms with Gasteiger partial charge in [-0.3, -0.25) is 0 Å². The highest BCUT2D eigenvalue weighted by molar-refractivity contribution is 6.30. The average molecular weight is 353 g/mol. The normalized spacial score (nSPS) is 11.6. The molecule has 126 valence electrons. The smallest absolute Gasteiger partial charge is 0.338 e. The van der Waals surface area contributed by atoms with Crippen LogP contribution in [0.1, 0.15) is 22.0 Å². The van der Waals surface area contributed by atoms with E-state index in [9.17, 15) is 4.79 Å². The number of carbonyl (C=O) groups is 1. The second-order valence-corrected chi connectivity index (χ2v) is 5.88. The molecule has 25 heavy (non-hydrogen) atoms. The predicted octanol–water partition coefficient (Wildman–Crippen LogP) is 5.32. The molecule has 0 radical (unpaired) electrons. The van der Waals surface area contributed by atoms with Crippen LogP contribution in [0, 0.1) is 0 Å². The fraction of sp³-hybridized carbons (Fsp3) is 0.0952. The Bertz CT molecular complexity index is 819. The summed E-state index contributed by atoms with van der Waals surface area (Å²) in [7, 11) is 0. The molecule has 4 heteroatoms. The molecule has 3 rings (SSSR count). The van der Waals surface area contributed by atoms with Gasteiger partial charge in [0, 0.05) is 5.02 Å². The van der Waals surface area contributed by atoms with Crippen LogP contribution in [0.15, 0.2) is 84.9 Å². The third kappa shape index (κ3) is 4.85. The first-order chi connectivity index (χ1) is 12.2. The van der Waals surface area contributed by atoms with Crippen LogP contribution in [0.4, 0.5) is 0 Å². The van der Waals surface area contributed by atoms with Crippen LogP contribution in [0.5, 0.6) is 5.75 Å². The topological polar surface area (TPSA) is 35.5 Å². The van der Waals surface area contributed by atoms with Gasteiger partial charge in [-0.05, 0) is 35.9 Å². The molecule has 0 aliphatic heterocycles. The SMILES string of the molecule is O=C(OC(COc1ccccc1)c1ccccc1)c1cccc(Cl)c1. The summed E-state index contributed by atoms with van der Waals surface area (Å²) in [5.74, 6) is 0.287. The molecular formula is C21H17ClO3. The summed E-state index contributed by atoms with van der Waals surface area (Å²) in [6, 6.07) is 25.7. The van der Waals surface area contributed by atoms with Crippen LogP contribution >= 0.6 is 11.6 Å². The maximum Gasteiger partial charge on any atom is 0.338 e. The van der Waals surface area contributed by atoms with E-state index in [1.54, 1.807) is 24.3 Å². The van der Waals surface area contributed by atoms with Gasteiger partial charge in [-0.2, -0.15) is 0 Å². The highest BCUT2D eigenvalue weighted by atomic mass is 35.5. The van der Waals surface area contributed by atoms with Gasteiger partial charge < -0.3 is 9.47 Å². The van der Waals surface area contributed by atoms with Gasteiger partial charge in [0.2, 0.25) is 0 Å². The molecule has 0 aliphatic rings. The van der Waals surface area contributed by atoms with E-state index in [2.05, 4.69) is 0 Å². The van der Waals surface area contributed by atoms with E-state index in [0.717, 1.165) is 11.3 Å². The Morgan fingerprint density at radius 2 is 1.56 bits per heavy atom. The van der Waals surface area contributed by atoms with E-state index < -0.39 is 12.1 Å². The van der Waals surface area contributed by atoms with Crippen LogP contribution in [0.25, 0.3) is 0 Å². The van der Waals surface area contributed by atoms with Crippen LogP contribution in [-0.4, -0.2) is 12.6 Å². The minimum Gasteiger partial charge on any atom is -0.489 e. The zero-order chi connectivity index (χ0) is 17.5. The van der Waals surface area contributed by atoms with Crippen molar-refractivity contribution in [1.82, 2.24) is 0 Å². The Labute approximate surface area is 151 Å². The van der Waals surface area contributed by atoms with Crippen molar-refractivity contribution < 1.29 is 14.3 Å². The molecule has 0 N–H and O–H groups in total. The number of ether oxygens (including phenoxy) is 2. The zero-order valence-electron chi connectivity index (χ0n) is 13.5. The second kappa shape index (κ2) is 8.36. The summed E-state index contributed by atoms with van der Waals surface area (Å²) in [6.07, 6.45) is -0.520. The summed E-state index contributed by atoms with van der Waals surface area (Å²) in [5, 5.41) is 0.492. The van der Waals surface area contributed by atoms with Gasteiger partial charge in [-0.25, -0.2) is 4.79 Å².